The molecule has 0 bridgehead atoms. The molecule has 1 fully saturated rings. The summed E-state index contributed by atoms with van der Waals surface area (Å²) in [7, 11) is 0. The topological polar surface area (TPSA) is 56.3 Å². The fraction of sp³-hybridized carbons (Fsp3) is 0.812. The summed E-state index contributed by atoms with van der Waals surface area (Å²) in [6, 6.07) is 0.327. The van der Waals surface area contributed by atoms with Crippen LogP contribution in [0.2, 0.25) is 0 Å². The number of nitrogens with zero attached hydrogens (tertiary/aromatic N) is 3. The van der Waals surface area contributed by atoms with E-state index in [2.05, 4.69) is 29.5 Å². The molecule has 5 heteroatoms. The quantitative estimate of drug-likeness (QED) is 0.782. The van der Waals surface area contributed by atoms with Crippen LogP contribution in [0.4, 0.5) is 5.95 Å². The molecule has 0 aromatic carbocycles. The average Bonchev–Trinajstić information content (AvgIpc) is 2.90. The van der Waals surface area contributed by atoms with E-state index in [1.807, 2.05) is 6.92 Å². The van der Waals surface area contributed by atoms with Crippen molar-refractivity contribution >= 4 is 5.95 Å². The Labute approximate surface area is 128 Å². The fourth-order valence-electron chi connectivity index (χ4n) is 2.87. The van der Waals surface area contributed by atoms with E-state index in [-0.39, 0.29) is 0 Å². The molecule has 0 radical (unpaired) electrons. The molecule has 2 rings (SSSR count). The first-order valence-electron chi connectivity index (χ1n) is 8.30. The number of nitrogens with two attached hydrogens (primary N) is 1. The Kier molecular flexibility index (Phi) is 6.06. The highest BCUT2D eigenvalue weighted by Gasteiger charge is 2.26. The number of hydrogen-bond donors (Lipinski definition) is 1. The molecule has 1 aliphatic rings. The van der Waals surface area contributed by atoms with Crippen molar-refractivity contribution in [3.63, 3.8) is 0 Å². The van der Waals surface area contributed by atoms with Gasteiger partial charge in [-0.05, 0) is 32.1 Å². The first-order valence-corrected chi connectivity index (χ1v) is 8.30. The molecule has 1 aromatic rings. The van der Waals surface area contributed by atoms with Crippen LogP contribution in [0.1, 0.15) is 39.3 Å². The standard InChI is InChI=1S/C16H30N4O/c1-4-14-12-19(8-6-10-21-5-2)16(18-14)20-9-7-15(17)13(3)11-20/h12-13,15H,4-11,17H2,1-3H3. The second-order valence-electron chi connectivity index (χ2n) is 6.01. The molecule has 1 aliphatic heterocycles. The van der Waals surface area contributed by atoms with E-state index in [1.54, 1.807) is 0 Å². The lowest BCUT2D eigenvalue weighted by Crippen LogP contribution is -2.46. The van der Waals surface area contributed by atoms with E-state index < -0.39 is 0 Å². The summed E-state index contributed by atoms with van der Waals surface area (Å²) in [5, 5.41) is 0. The third-order valence-corrected chi connectivity index (χ3v) is 4.31. The van der Waals surface area contributed by atoms with E-state index >= 15 is 0 Å². The molecule has 1 saturated heterocycles. The van der Waals surface area contributed by atoms with Gasteiger partial charge >= 0.3 is 0 Å². The Bertz CT molecular complexity index is 432. The maximum Gasteiger partial charge on any atom is 0.205 e. The predicted octanol–water partition coefficient (Wildman–Crippen LogP) is 2.05. The van der Waals surface area contributed by atoms with Gasteiger partial charge in [0.25, 0.3) is 0 Å². The average molecular weight is 294 g/mol. The van der Waals surface area contributed by atoms with Crippen LogP contribution in [0, 0.1) is 5.92 Å². The summed E-state index contributed by atoms with van der Waals surface area (Å²) in [6.07, 6.45) is 5.26. The second-order valence-corrected chi connectivity index (χ2v) is 6.01. The highest BCUT2D eigenvalue weighted by atomic mass is 16.5. The second kappa shape index (κ2) is 7.80. The van der Waals surface area contributed by atoms with Crippen molar-refractivity contribution in [1.82, 2.24) is 9.55 Å². The summed E-state index contributed by atoms with van der Waals surface area (Å²) in [6.45, 7) is 11.0. The van der Waals surface area contributed by atoms with Gasteiger partial charge in [0.05, 0.1) is 5.69 Å². The first kappa shape index (κ1) is 16.3. The van der Waals surface area contributed by atoms with Crippen molar-refractivity contribution < 1.29 is 4.74 Å². The lowest BCUT2D eigenvalue weighted by atomic mass is 9.95. The lowest BCUT2D eigenvalue weighted by molar-refractivity contribution is 0.141. The Morgan fingerprint density at radius 2 is 2.24 bits per heavy atom. The van der Waals surface area contributed by atoms with Gasteiger partial charge < -0.3 is 19.9 Å². The Morgan fingerprint density at radius 1 is 1.43 bits per heavy atom. The minimum atomic E-state index is 0.327. The third-order valence-electron chi connectivity index (χ3n) is 4.31. The molecule has 2 unspecified atom stereocenters. The van der Waals surface area contributed by atoms with Gasteiger partial charge in [0, 0.05) is 45.1 Å². The molecule has 120 valence electrons. The minimum Gasteiger partial charge on any atom is -0.382 e. The number of rotatable bonds is 7. The van der Waals surface area contributed by atoms with E-state index in [1.165, 1.54) is 5.69 Å². The van der Waals surface area contributed by atoms with Gasteiger partial charge in [-0.25, -0.2) is 4.98 Å². The zero-order chi connectivity index (χ0) is 15.2. The molecular weight excluding hydrogens is 264 g/mol. The molecule has 0 aliphatic carbocycles. The molecular formula is C16H30N4O. The van der Waals surface area contributed by atoms with Crippen LogP contribution in [-0.4, -0.2) is 41.9 Å². The molecule has 1 aromatic heterocycles. The number of aromatic nitrogens is 2. The number of ether oxygens (including phenoxy) is 1. The van der Waals surface area contributed by atoms with Crippen molar-refractivity contribution in [1.29, 1.82) is 0 Å². The molecule has 0 spiro atoms. The lowest BCUT2D eigenvalue weighted by Gasteiger charge is -2.35. The number of imidazole rings is 1. The van der Waals surface area contributed by atoms with E-state index in [0.717, 1.165) is 58.1 Å². The SMILES string of the molecule is CCOCCCn1cc(CC)nc1N1CCC(N)C(C)C1. The zero-order valence-corrected chi connectivity index (χ0v) is 13.7. The number of piperidine rings is 1. The molecule has 5 nitrogen and oxygen atoms in total. The largest absolute Gasteiger partial charge is 0.382 e. The van der Waals surface area contributed by atoms with Crippen molar-refractivity contribution in [2.45, 2.75) is 52.6 Å². The molecule has 0 saturated carbocycles. The zero-order valence-electron chi connectivity index (χ0n) is 13.7. The van der Waals surface area contributed by atoms with Crippen molar-refractivity contribution in [3.8, 4) is 0 Å². The number of hydrogen-bond acceptors (Lipinski definition) is 4. The highest BCUT2D eigenvalue weighted by Crippen LogP contribution is 2.22. The van der Waals surface area contributed by atoms with Gasteiger partial charge in [0.1, 0.15) is 0 Å². The van der Waals surface area contributed by atoms with Crippen LogP contribution in [0.15, 0.2) is 6.20 Å². The highest BCUT2D eigenvalue weighted by molar-refractivity contribution is 5.35. The Morgan fingerprint density at radius 3 is 2.90 bits per heavy atom. The van der Waals surface area contributed by atoms with Gasteiger partial charge in [-0.15, -0.1) is 0 Å². The molecule has 21 heavy (non-hydrogen) atoms. The van der Waals surface area contributed by atoms with E-state index in [0.29, 0.717) is 12.0 Å². The van der Waals surface area contributed by atoms with Gasteiger partial charge in [0.15, 0.2) is 0 Å². The van der Waals surface area contributed by atoms with Crippen LogP contribution in [-0.2, 0) is 17.7 Å². The normalized spacial score (nSPS) is 22.8. The van der Waals surface area contributed by atoms with Crippen LogP contribution in [0.3, 0.4) is 0 Å². The molecule has 2 heterocycles. The van der Waals surface area contributed by atoms with Crippen LogP contribution in [0.25, 0.3) is 0 Å². The van der Waals surface area contributed by atoms with Gasteiger partial charge in [-0.1, -0.05) is 13.8 Å². The summed E-state index contributed by atoms with van der Waals surface area (Å²) in [5.74, 6) is 1.64. The summed E-state index contributed by atoms with van der Waals surface area (Å²) >= 11 is 0. The van der Waals surface area contributed by atoms with Crippen LogP contribution >= 0.6 is 0 Å². The van der Waals surface area contributed by atoms with Crippen LogP contribution in [0.5, 0.6) is 0 Å². The van der Waals surface area contributed by atoms with Crippen molar-refractivity contribution in [2.75, 3.05) is 31.2 Å². The first-order chi connectivity index (χ1) is 10.2. The van der Waals surface area contributed by atoms with Gasteiger partial charge in [-0.3, -0.25) is 0 Å². The maximum atomic E-state index is 6.13. The van der Waals surface area contributed by atoms with Crippen LogP contribution < -0.4 is 10.6 Å². The van der Waals surface area contributed by atoms with Gasteiger partial charge in [-0.2, -0.15) is 0 Å². The summed E-state index contributed by atoms with van der Waals surface area (Å²) in [5.41, 5.74) is 7.30. The Balaban J connectivity index is 2.04. The third kappa shape index (κ3) is 4.20. The monoisotopic (exact) mass is 294 g/mol. The molecule has 2 N–H and O–H groups in total. The Hall–Kier alpha value is -1.07. The van der Waals surface area contributed by atoms with Crippen molar-refractivity contribution in [3.05, 3.63) is 11.9 Å². The number of aryl methyl sites for hydroxylation is 2. The van der Waals surface area contributed by atoms with Gasteiger partial charge in [0.2, 0.25) is 5.95 Å². The maximum absolute atomic E-state index is 6.13. The fourth-order valence-corrected chi connectivity index (χ4v) is 2.87. The summed E-state index contributed by atoms with van der Waals surface area (Å²) in [4.78, 5) is 7.21. The summed E-state index contributed by atoms with van der Waals surface area (Å²) < 4.78 is 7.73. The van der Waals surface area contributed by atoms with E-state index in [9.17, 15) is 0 Å². The smallest absolute Gasteiger partial charge is 0.205 e. The van der Waals surface area contributed by atoms with E-state index in [4.69, 9.17) is 15.5 Å². The predicted molar refractivity (Wildman–Crippen MR) is 86.7 cm³/mol. The minimum absolute atomic E-state index is 0.327. The molecule has 0 amide bonds. The van der Waals surface area contributed by atoms with Crippen molar-refractivity contribution in [2.24, 2.45) is 11.7 Å². The number of anilines is 1. The molecule has 2 atom stereocenters.